The quantitative estimate of drug-likeness (QED) is 0.482. The molecule has 0 radical (unpaired) electrons. The average molecular weight is 481 g/mol. The molecule has 1 aromatic rings. The molecule has 0 spiro atoms. The average Bonchev–Trinajstić information content (AvgIpc) is 3.00. The minimum atomic E-state index is -0.777. The van der Waals surface area contributed by atoms with Gasteiger partial charge in [-0.05, 0) is 60.3 Å². The Bertz CT molecular complexity index is 608. The van der Waals surface area contributed by atoms with Gasteiger partial charge >= 0.3 is 5.97 Å². The Kier molecular flexibility index (Phi) is 7.66. The fourth-order valence-corrected chi connectivity index (χ4v) is 4.94. The summed E-state index contributed by atoms with van der Waals surface area (Å²) in [5.74, 6) is -0.205. The predicted octanol–water partition coefficient (Wildman–Crippen LogP) is 2.65. The third-order valence-electron chi connectivity index (χ3n) is 4.70. The van der Waals surface area contributed by atoms with E-state index >= 15 is 0 Å². The van der Waals surface area contributed by atoms with Crippen LogP contribution in [0, 0.1) is 14.7 Å². The minimum Gasteiger partial charge on any atom is -0.465 e. The van der Waals surface area contributed by atoms with Gasteiger partial charge in [0.15, 0.2) is 0 Å². The van der Waals surface area contributed by atoms with E-state index < -0.39 is 12.0 Å². The number of anilines is 1. The highest BCUT2D eigenvalue weighted by molar-refractivity contribution is 14.1. The van der Waals surface area contributed by atoms with Crippen molar-refractivity contribution in [3.63, 3.8) is 0 Å². The van der Waals surface area contributed by atoms with Crippen LogP contribution in [0.4, 0.5) is 5.69 Å². The number of carbonyl (C=O) groups is 2. The van der Waals surface area contributed by atoms with Crippen molar-refractivity contribution in [2.45, 2.75) is 38.6 Å². The van der Waals surface area contributed by atoms with Gasteiger partial charge in [0.1, 0.15) is 4.88 Å². The van der Waals surface area contributed by atoms with Crippen molar-refractivity contribution in [1.82, 2.24) is 0 Å². The second-order valence-electron chi connectivity index (χ2n) is 6.44. The zero-order valence-electron chi connectivity index (χ0n) is 14.4. The summed E-state index contributed by atoms with van der Waals surface area (Å²) in [4.78, 5) is 27.0. The van der Waals surface area contributed by atoms with E-state index in [9.17, 15) is 19.8 Å². The van der Waals surface area contributed by atoms with Gasteiger partial charge in [0.25, 0.3) is 0 Å². The number of ether oxygens (including phenoxy) is 1. The number of nitrogens with zero attached hydrogens (tertiary/aromatic N) is 1. The molecule has 1 fully saturated rings. The van der Waals surface area contributed by atoms with E-state index in [-0.39, 0.29) is 25.0 Å². The molecule has 0 aliphatic heterocycles. The van der Waals surface area contributed by atoms with Crippen molar-refractivity contribution in [3.05, 3.63) is 13.8 Å². The minimum absolute atomic E-state index is 0.139. The van der Waals surface area contributed by atoms with Gasteiger partial charge in [-0.2, -0.15) is 0 Å². The van der Waals surface area contributed by atoms with Crippen molar-refractivity contribution >= 4 is 51.5 Å². The van der Waals surface area contributed by atoms with Gasteiger partial charge in [0.05, 0.1) is 34.9 Å². The maximum absolute atomic E-state index is 13.2. The van der Waals surface area contributed by atoms with E-state index in [2.05, 4.69) is 29.5 Å². The number of aliphatic hydroxyl groups excluding tert-OH is 2. The molecular weight excluding hydrogens is 457 g/mol. The molecule has 0 atom stereocenters. The fourth-order valence-electron chi connectivity index (χ4n) is 3.19. The monoisotopic (exact) mass is 481 g/mol. The van der Waals surface area contributed by atoms with E-state index in [4.69, 9.17) is 4.74 Å². The third-order valence-corrected chi connectivity index (χ3v) is 6.57. The molecule has 2 rings (SSSR count). The largest absolute Gasteiger partial charge is 0.465 e. The van der Waals surface area contributed by atoms with Crippen LogP contribution in [0.1, 0.15) is 42.3 Å². The molecule has 0 saturated heterocycles. The summed E-state index contributed by atoms with van der Waals surface area (Å²) in [6, 6.07) is 0.958. The van der Waals surface area contributed by atoms with Gasteiger partial charge in [-0.15, -0.1) is 11.3 Å². The van der Waals surface area contributed by atoms with Crippen molar-refractivity contribution < 1.29 is 24.5 Å². The maximum atomic E-state index is 13.2. The van der Waals surface area contributed by atoms with Crippen LogP contribution in [0.3, 0.4) is 0 Å². The molecular formula is C17H24INO5S. The van der Waals surface area contributed by atoms with Crippen LogP contribution in [0.2, 0.25) is 0 Å². The molecule has 1 aromatic heterocycles. The Hall–Kier alpha value is -0.710. The highest BCUT2D eigenvalue weighted by Gasteiger charge is 2.35. The molecule has 2 N–H and O–H groups in total. The highest BCUT2D eigenvalue weighted by Crippen LogP contribution is 2.36. The first kappa shape index (κ1) is 20.6. The lowest BCUT2D eigenvalue weighted by Crippen LogP contribution is -2.48. The number of rotatable bonds is 6. The Labute approximate surface area is 165 Å². The van der Waals surface area contributed by atoms with Gasteiger partial charge in [-0.1, -0.05) is 6.92 Å². The summed E-state index contributed by atoms with van der Waals surface area (Å²) in [7, 11) is 1.29. The molecule has 1 saturated carbocycles. The number of esters is 1. The van der Waals surface area contributed by atoms with Gasteiger partial charge in [0.2, 0.25) is 5.91 Å². The second-order valence-corrected chi connectivity index (χ2v) is 9.39. The summed E-state index contributed by atoms with van der Waals surface area (Å²) in [6.45, 7) is 1.43. The highest BCUT2D eigenvalue weighted by atomic mass is 127. The van der Waals surface area contributed by atoms with Gasteiger partial charge in [0, 0.05) is 5.92 Å². The van der Waals surface area contributed by atoms with E-state index in [0.29, 0.717) is 16.5 Å². The molecule has 0 unspecified atom stereocenters. The number of carbonyl (C=O) groups excluding carboxylic acids is 2. The van der Waals surface area contributed by atoms with Crippen LogP contribution in [0.5, 0.6) is 0 Å². The Morgan fingerprint density at radius 1 is 1.32 bits per heavy atom. The normalized spacial score (nSPS) is 20.6. The molecule has 25 heavy (non-hydrogen) atoms. The van der Waals surface area contributed by atoms with E-state index in [0.717, 1.165) is 28.6 Å². The molecule has 1 aliphatic carbocycles. The van der Waals surface area contributed by atoms with Crippen LogP contribution >= 0.6 is 33.9 Å². The summed E-state index contributed by atoms with van der Waals surface area (Å²) in [5, 5.41) is 19.3. The van der Waals surface area contributed by atoms with Crippen molar-refractivity contribution in [3.8, 4) is 0 Å². The van der Waals surface area contributed by atoms with Crippen LogP contribution in [-0.2, 0) is 9.53 Å². The number of amides is 1. The van der Waals surface area contributed by atoms with E-state index in [1.165, 1.54) is 23.3 Å². The van der Waals surface area contributed by atoms with E-state index in [1.807, 2.05) is 0 Å². The SMILES string of the molecule is COC(=O)c1sc(I)cc1N(C(=O)[C@H]1CC[C@H](C)CC1)C(CO)CO. The maximum Gasteiger partial charge on any atom is 0.350 e. The van der Waals surface area contributed by atoms with Crippen molar-refractivity contribution in [2.75, 3.05) is 25.2 Å². The first-order valence-electron chi connectivity index (χ1n) is 8.35. The molecule has 1 amide bonds. The lowest BCUT2D eigenvalue weighted by molar-refractivity contribution is -0.124. The zero-order chi connectivity index (χ0) is 18.6. The fraction of sp³-hybridized carbons (Fsp3) is 0.647. The van der Waals surface area contributed by atoms with Gasteiger partial charge in [-0.25, -0.2) is 4.79 Å². The summed E-state index contributed by atoms with van der Waals surface area (Å²) in [6.07, 6.45) is 3.54. The van der Waals surface area contributed by atoms with Gasteiger partial charge in [-0.3, -0.25) is 4.79 Å². The number of hydrogen-bond donors (Lipinski definition) is 2. The van der Waals surface area contributed by atoms with Crippen molar-refractivity contribution in [2.24, 2.45) is 11.8 Å². The molecule has 0 aromatic carbocycles. The molecule has 1 heterocycles. The van der Waals surface area contributed by atoms with Crippen molar-refractivity contribution in [1.29, 1.82) is 0 Å². The smallest absolute Gasteiger partial charge is 0.350 e. The topological polar surface area (TPSA) is 87.1 Å². The van der Waals surface area contributed by atoms with Crippen LogP contribution in [-0.4, -0.2) is 48.5 Å². The standard InChI is InChI=1S/C17H24INO5S/c1-10-3-5-11(6-4-10)16(22)19(12(8-20)9-21)13-7-14(18)25-15(13)17(23)24-2/h7,10-12,20-21H,3-6,8-9H2,1-2H3/t10-,11-. The van der Waals surface area contributed by atoms with E-state index in [1.54, 1.807) is 6.07 Å². The molecule has 8 heteroatoms. The summed E-state index contributed by atoms with van der Waals surface area (Å²) >= 11 is 3.32. The first-order valence-corrected chi connectivity index (χ1v) is 10.2. The van der Waals surface area contributed by atoms with Crippen LogP contribution < -0.4 is 4.90 Å². The Balaban J connectivity index is 2.40. The Morgan fingerprint density at radius 2 is 1.92 bits per heavy atom. The predicted molar refractivity (Wildman–Crippen MR) is 105 cm³/mol. The zero-order valence-corrected chi connectivity index (χ0v) is 17.4. The third kappa shape index (κ3) is 4.72. The number of halogens is 1. The summed E-state index contributed by atoms with van der Waals surface area (Å²) in [5.41, 5.74) is 0.415. The lowest BCUT2D eigenvalue weighted by Gasteiger charge is -2.34. The number of methoxy groups -OCH3 is 1. The van der Waals surface area contributed by atoms with Gasteiger partial charge < -0.3 is 19.8 Å². The second kappa shape index (κ2) is 9.29. The lowest BCUT2D eigenvalue weighted by atomic mass is 9.82. The number of hydrogen-bond acceptors (Lipinski definition) is 6. The first-order chi connectivity index (χ1) is 11.9. The molecule has 140 valence electrons. The van der Waals surface area contributed by atoms with Crippen LogP contribution in [0.15, 0.2) is 6.07 Å². The Morgan fingerprint density at radius 3 is 2.44 bits per heavy atom. The molecule has 0 bridgehead atoms. The molecule has 1 aliphatic rings. The molecule has 6 nitrogen and oxygen atoms in total. The number of aliphatic hydroxyl groups is 2. The van der Waals surface area contributed by atoms with Crippen LogP contribution in [0.25, 0.3) is 0 Å². The summed E-state index contributed by atoms with van der Waals surface area (Å²) < 4.78 is 5.66. The number of thiophene rings is 1.